The van der Waals surface area contributed by atoms with Crippen molar-refractivity contribution in [3.05, 3.63) is 74.9 Å². The van der Waals surface area contributed by atoms with E-state index in [4.69, 9.17) is 19.6 Å². The van der Waals surface area contributed by atoms with Crippen molar-refractivity contribution in [1.29, 1.82) is 0 Å². The Bertz CT molecular complexity index is 1410. The average Bonchev–Trinajstić information content (AvgIpc) is 2.80. The number of rotatable bonds is 8. The molecule has 0 fully saturated rings. The van der Waals surface area contributed by atoms with Crippen LogP contribution in [-0.2, 0) is 6.54 Å². The zero-order valence-corrected chi connectivity index (χ0v) is 19.0. The Morgan fingerprint density at radius 1 is 0.970 bits per heavy atom. The monoisotopic (exact) mass is 449 g/mol. The normalized spacial score (nSPS) is 11.7. The van der Waals surface area contributed by atoms with Gasteiger partial charge < -0.3 is 18.6 Å². The number of para-hydroxylation sites is 1. The Morgan fingerprint density at radius 3 is 2.48 bits per heavy atom. The van der Waals surface area contributed by atoms with Gasteiger partial charge in [-0.3, -0.25) is 4.90 Å². The first-order chi connectivity index (χ1) is 15.9. The van der Waals surface area contributed by atoms with E-state index in [9.17, 15) is 9.59 Å². The summed E-state index contributed by atoms with van der Waals surface area (Å²) in [6.07, 6.45) is 0. The van der Waals surface area contributed by atoms with Crippen LogP contribution < -0.4 is 22.0 Å². The van der Waals surface area contributed by atoms with Gasteiger partial charge in [-0.2, -0.15) is 5.90 Å². The van der Waals surface area contributed by atoms with Gasteiger partial charge in [-0.25, -0.2) is 9.59 Å². The molecule has 0 atom stereocenters. The van der Waals surface area contributed by atoms with Gasteiger partial charge in [0, 0.05) is 42.0 Å². The fourth-order valence-electron chi connectivity index (χ4n) is 3.91. The fraction of sp³-hybridized carbons (Fsp3) is 0.280. The second kappa shape index (κ2) is 9.58. The summed E-state index contributed by atoms with van der Waals surface area (Å²) in [5.41, 5.74) is 1.12. The third-order valence-electron chi connectivity index (χ3n) is 5.72. The lowest BCUT2D eigenvalue weighted by Crippen LogP contribution is -2.31. The van der Waals surface area contributed by atoms with E-state index in [1.165, 1.54) is 6.07 Å². The van der Waals surface area contributed by atoms with Crippen molar-refractivity contribution in [3.8, 4) is 16.9 Å². The van der Waals surface area contributed by atoms with E-state index in [0.717, 1.165) is 25.0 Å². The van der Waals surface area contributed by atoms with Crippen molar-refractivity contribution in [2.24, 2.45) is 5.90 Å². The number of fused-ring (bicyclic) bond motifs is 2. The average molecular weight is 450 g/mol. The molecule has 172 valence electrons. The minimum Gasteiger partial charge on any atom is -0.422 e. The SMILES string of the molecule is CCN(CCN(C)C)Cc1c(ON)ccc2c(-c3cc4ccccc4oc3=O)cc(=O)oc12. The van der Waals surface area contributed by atoms with E-state index >= 15 is 0 Å². The summed E-state index contributed by atoms with van der Waals surface area (Å²) in [7, 11) is 4.03. The van der Waals surface area contributed by atoms with Gasteiger partial charge in [0.25, 0.3) is 0 Å². The summed E-state index contributed by atoms with van der Waals surface area (Å²) < 4.78 is 11.1. The highest BCUT2D eigenvalue weighted by molar-refractivity contribution is 5.97. The molecule has 2 heterocycles. The zero-order valence-electron chi connectivity index (χ0n) is 19.0. The minimum atomic E-state index is -0.572. The van der Waals surface area contributed by atoms with Gasteiger partial charge in [0.2, 0.25) is 0 Å². The van der Waals surface area contributed by atoms with Crippen LogP contribution in [0.3, 0.4) is 0 Å². The van der Waals surface area contributed by atoms with Crippen LogP contribution in [0.15, 0.2) is 67.0 Å². The lowest BCUT2D eigenvalue weighted by atomic mass is 9.99. The Labute approximate surface area is 190 Å². The van der Waals surface area contributed by atoms with Gasteiger partial charge in [-0.05, 0) is 44.9 Å². The highest BCUT2D eigenvalue weighted by Gasteiger charge is 2.20. The predicted octanol–water partition coefficient (Wildman–Crippen LogP) is 3.20. The van der Waals surface area contributed by atoms with E-state index in [1.54, 1.807) is 30.3 Å². The molecule has 0 aliphatic heterocycles. The second-order valence-electron chi connectivity index (χ2n) is 8.17. The van der Waals surface area contributed by atoms with E-state index in [0.29, 0.717) is 45.5 Å². The molecule has 0 saturated heterocycles. The summed E-state index contributed by atoms with van der Waals surface area (Å²) >= 11 is 0. The quantitative estimate of drug-likeness (QED) is 0.323. The van der Waals surface area contributed by atoms with Crippen molar-refractivity contribution in [2.75, 3.05) is 33.7 Å². The highest BCUT2D eigenvalue weighted by Crippen LogP contribution is 2.34. The number of hydrogen-bond donors (Lipinski definition) is 1. The minimum absolute atomic E-state index is 0.291. The highest BCUT2D eigenvalue weighted by atomic mass is 16.6. The molecule has 0 aliphatic carbocycles. The van der Waals surface area contributed by atoms with Crippen LogP contribution in [0.5, 0.6) is 5.75 Å². The number of nitrogens with zero attached hydrogens (tertiary/aromatic N) is 2. The van der Waals surface area contributed by atoms with Gasteiger partial charge in [0.15, 0.2) is 5.75 Å². The molecule has 4 aromatic rings. The zero-order chi connectivity index (χ0) is 23.5. The first-order valence-corrected chi connectivity index (χ1v) is 10.8. The van der Waals surface area contributed by atoms with E-state index in [1.807, 2.05) is 26.2 Å². The second-order valence-corrected chi connectivity index (χ2v) is 8.17. The molecule has 0 radical (unpaired) electrons. The molecule has 2 N–H and O–H groups in total. The van der Waals surface area contributed by atoms with Crippen LogP contribution in [0, 0.1) is 0 Å². The van der Waals surface area contributed by atoms with Gasteiger partial charge in [-0.1, -0.05) is 25.1 Å². The van der Waals surface area contributed by atoms with Crippen LogP contribution in [0.4, 0.5) is 0 Å². The maximum Gasteiger partial charge on any atom is 0.344 e. The first-order valence-electron chi connectivity index (χ1n) is 10.8. The molecule has 0 unspecified atom stereocenters. The largest absolute Gasteiger partial charge is 0.422 e. The smallest absolute Gasteiger partial charge is 0.344 e. The molecule has 0 saturated carbocycles. The lowest BCUT2D eigenvalue weighted by molar-refractivity contribution is 0.238. The maximum atomic E-state index is 12.8. The Balaban J connectivity index is 1.91. The molecule has 8 nitrogen and oxygen atoms in total. The standard InChI is InChI=1S/C25H27N3O5/c1-4-28(12-11-27(2)3)15-20-22(33-26)10-9-17-18(14-23(29)32-24(17)20)19-13-16-7-5-6-8-21(16)31-25(19)30/h5-10,13-14H,4,11-12,15,26H2,1-3H3. The van der Waals surface area contributed by atoms with Gasteiger partial charge in [0.1, 0.15) is 11.2 Å². The van der Waals surface area contributed by atoms with Crippen LogP contribution in [0.1, 0.15) is 12.5 Å². The van der Waals surface area contributed by atoms with Crippen LogP contribution in [-0.4, -0.2) is 43.5 Å². The van der Waals surface area contributed by atoms with Crippen molar-refractivity contribution >= 4 is 21.9 Å². The Hall–Kier alpha value is -3.46. The van der Waals surface area contributed by atoms with E-state index in [2.05, 4.69) is 16.7 Å². The molecule has 0 spiro atoms. The van der Waals surface area contributed by atoms with Crippen molar-refractivity contribution in [1.82, 2.24) is 9.80 Å². The van der Waals surface area contributed by atoms with Crippen molar-refractivity contribution < 1.29 is 13.7 Å². The van der Waals surface area contributed by atoms with E-state index in [-0.39, 0.29) is 0 Å². The Morgan fingerprint density at radius 2 is 1.76 bits per heavy atom. The summed E-state index contributed by atoms with van der Waals surface area (Å²) in [6.45, 7) is 4.98. The molecule has 33 heavy (non-hydrogen) atoms. The summed E-state index contributed by atoms with van der Waals surface area (Å²) in [4.78, 5) is 34.8. The molecular weight excluding hydrogens is 422 g/mol. The third-order valence-corrected chi connectivity index (χ3v) is 5.72. The summed E-state index contributed by atoms with van der Waals surface area (Å²) in [6, 6.07) is 13.8. The number of hydrogen-bond acceptors (Lipinski definition) is 8. The molecular formula is C25H27N3O5. The Kier molecular flexibility index (Phi) is 6.60. The van der Waals surface area contributed by atoms with Crippen molar-refractivity contribution in [2.45, 2.75) is 13.5 Å². The molecule has 8 heteroatoms. The van der Waals surface area contributed by atoms with Gasteiger partial charge in [0.05, 0.1) is 11.1 Å². The molecule has 0 aliphatic rings. The number of nitrogens with two attached hydrogens (primary N) is 1. The molecule has 2 aromatic heterocycles. The third kappa shape index (κ3) is 4.68. The molecule has 4 rings (SSSR count). The predicted molar refractivity (Wildman–Crippen MR) is 128 cm³/mol. The summed E-state index contributed by atoms with van der Waals surface area (Å²) in [5.74, 6) is 5.96. The molecule has 0 bridgehead atoms. The summed E-state index contributed by atoms with van der Waals surface area (Å²) in [5, 5.41) is 1.37. The lowest BCUT2D eigenvalue weighted by Gasteiger charge is -2.23. The fourth-order valence-corrected chi connectivity index (χ4v) is 3.91. The van der Waals surface area contributed by atoms with Crippen LogP contribution in [0.2, 0.25) is 0 Å². The van der Waals surface area contributed by atoms with Crippen LogP contribution >= 0.6 is 0 Å². The van der Waals surface area contributed by atoms with E-state index < -0.39 is 11.3 Å². The first kappa shape index (κ1) is 22.7. The van der Waals surface area contributed by atoms with Crippen molar-refractivity contribution in [3.63, 3.8) is 0 Å². The molecule has 2 aromatic carbocycles. The maximum absolute atomic E-state index is 12.8. The number of benzene rings is 2. The van der Waals surface area contributed by atoms with Gasteiger partial charge >= 0.3 is 11.3 Å². The topological polar surface area (TPSA) is 102 Å². The van der Waals surface area contributed by atoms with Gasteiger partial charge in [-0.15, -0.1) is 0 Å². The number of likely N-dealkylation sites (N-methyl/N-ethyl adjacent to an activating group) is 2. The molecule has 0 amide bonds. The van der Waals surface area contributed by atoms with Crippen LogP contribution in [0.25, 0.3) is 33.1 Å².